The third kappa shape index (κ3) is 2.18. The molecule has 0 amide bonds. The molecule has 3 nitrogen and oxygen atoms in total. The minimum absolute atomic E-state index is 0.402. The van der Waals surface area contributed by atoms with Gasteiger partial charge in [-0.2, -0.15) is 5.10 Å². The summed E-state index contributed by atoms with van der Waals surface area (Å²) in [4.78, 5) is 0. The monoisotopic (exact) mass is 229 g/mol. The fourth-order valence-electron chi connectivity index (χ4n) is 1.89. The molecule has 17 heavy (non-hydrogen) atoms. The summed E-state index contributed by atoms with van der Waals surface area (Å²) in [5.74, 6) is 1.14. The minimum atomic E-state index is 0.402. The summed E-state index contributed by atoms with van der Waals surface area (Å²) in [6.45, 7) is 6.39. The van der Waals surface area contributed by atoms with Crippen molar-refractivity contribution in [1.82, 2.24) is 9.78 Å². The standard InChI is InChI=1S/C14H19N3/c1-4-11-5-7-12(8-6-11)17-14(15)13(9-16-17)10(2)3/h5-10H,4,15H2,1-3H3. The van der Waals surface area contributed by atoms with Crippen molar-refractivity contribution < 1.29 is 0 Å². The number of nitrogens with zero attached hydrogens (tertiary/aromatic N) is 2. The van der Waals surface area contributed by atoms with Crippen molar-refractivity contribution in [3.05, 3.63) is 41.6 Å². The lowest BCUT2D eigenvalue weighted by molar-refractivity contribution is 0.867. The SMILES string of the molecule is CCc1ccc(-n2ncc(C(C)C)c2N)cc1. The van der Waals surface area contributed by atoms with Gasteiger partial charge in [0.15, 0.2) is 0 Å². The Bertz CT molecular complexity index is 495. The minimum Gasteiger partial charge on any atom is -0.383 e. The Kier molecular flexibility index (Phi) is 3.18. The number of aromatic nitrogens is 2. The van der Waals surface area contributed by atoms with Gasteiger partial charge in [0.05, 0.1) is 11.9 Å². The van der Waals surface area contributed by atoms with Crippen LogP contribution in [0.25, 0.3) is 5.69 Å². The number of nitrogen functional groups attached to an aromatic ring is 1. The zero-order chi connectivity index (χ0) is 12.4. The molecule has 1 aromatic heterocycles. The zero-order valence-corrected chi connectivity index (χ0v) is 10.6. The molecule has 3 heteroatoms. The Morgan fingerprint density at radius 1 is 1.24 bits per heavy atom. The number of rotatable bonds is 3. The van der Waals surface area contributed by atoms with Crippen LogP contribution in [-0.2, 0) is 6.42 Å². The Morgan fingerprint density at radius 3 is 2.35 bits per heavy atom. The van der Waals surface area contributed by atoms with Crippen LogP contribution < -0.4 is 5.73 Å². The van der Waals surface area contributed by atoms with Crippen molar-refractivity contribution >= 4 is 5.82 Å². The third-order valence-corrected chi connectivity index (χ3v) is 3.05. The van der Waals surface area contributed by atoms with E-state index in [0.29, 0.717) is 5.92 Å². The summed E-state index contributed by atoms with van der Waals surface area (Å²) in [5, 5.41) is 4.35. The van der Waals surface area contributed by atoms with Gasteiger partial charge in [-0.05, 0) is 30.0 Å². The Balaban J connectivity index is 2.39. The fraction of sp³-hybridized carbons (Fsp3) is 0.357. The molecule has 0 aliphatic heterocycles. The highest BCUT2D eigenvalue weighted by atomic mass is 15.3. The van der Waals surface area contributed by atoms with Crippen LogP contribution in [0.5, 0.6) is 0 Å². The van der Waals surface area contributed by atoms with Crippen LogP contribution in [0.3, 0.4) is 0 Å². The third-order valence-electron chi connectivity index (χ3n) is 3.05. The molecule has 2 aromatic rings. The lowest BCUT2D eigenvalue weighted by Gasteiger charge is -2.07. The first-order valence-corrected chi connectivity index (χ1v) is 6.06. The molecular weight excluding hydrogens is 210 g/mol. The molecule has 0 unspecified atom stereocenters. The summed E-state index contributed by atoms with van der Waals surface area (Å²) in [5.41, 5.74) is 9.55. The number of benzene rings is 1. The lowest BCUT2D eigenvalue weighted by atomic mass is 10.1. The molecule has 0 saturated carbocycles. The molecule has 0 fully saturated rings. The summed E-state index contributed by atoms with van der Waals surface area (Å²) < 4.78 is 1.80. The molecule has 1 aromatic carbocycles. The molecular formula is C14H19N3. The van der Waals surface area contributed by atoms with Gasteiger partial charge >= 0.3 is 0 Å². The molecule has 0 atom stereocenters. The molecule has 1 heterocycles. The second-order valence-electron chi connectivity index (χ2n) is 4.57. The van der Waals surface area contributed by atoms with Gasteiger partial charge in [0, 0.05) is 5.56 Å². The summed E-state index contributed by atoms with van der Waals surface area (Å²) in [6, 6.07) is 8.36. The first kappa shape index (κ1) is 11.7. The van der Waals surface area contributed by atoms with Gasteiger partial charge in [-0.1, -0.05) is 32.9 Å². The molecule has 2 N–H and O–H groups in total. The van der Waals surface area contributed by atoms with Crippen LogP contribution in [0, 0.1) is 0 Å². The van der Waals surface area contributed by atoms with Crippen molar-refractivity contribution in [2.75, 3.05) is 5.73 Å². The van der Waals surface area contributed by atoms with E-state index in [2.05, 4.69) is 50.1 Å². The Morgan fingerprint density at radius 2 is 1.88 bits per heavy atom. The first-order valence-electron chi connectivity index (χ1n) is 6.06. The van der Waals surface area contributed by atoms with Crippen LogP contribution >= 0.6 is 0 Å². The lowest BCUT2D eigenvalue weighted by Crippen LogP contribution is -2.03. The molecule has 0 aliphatic rings. The van der Waals surface area contributed by atoms with Crippen molar-refractivity contribution in [2.45, 2.75) is 33.1 Å². The number of hydrogen-bond donors (Lipinski definition) is 1. The highest BCUT2D eigenvalue weighted by Gasteiger charge is 2.11. The number of aryl methyl sites for hydroxylation is 1. The summed E-state index contributed by atoms with van der Waals surface area (Å²) >= 11 is 0. The highest BCUT2D eigenvalue weighted by molar-refractivity contribution is 5.48. The van der Waals surface area contributed by atoms with Crippen LogP contribution in [0.4, 0.5) is 5.82 Å². The van der Waals surface area contributed by atoms with Crippen molar-refractivity contribution in [1.29, 1.82) is 0 Å². The van der Waals surface area contributed by atoms with Crippen LogP contribution in [0.1, 0.15) is 37.8 Å². The molecule has 0 bridgehead atoms. The molecule has 2 rings (SSSR count). The van der Waals surface area contributed by atoms with E-state index in [4.69, 9.17) is 5.73 Å². The number of anilines is 1. The van der Waals surface area contributed by atoms with E-state index in [-0.39, 0.29) is 0 Å². The molecule has 0 radical (unpaired) electrons. The summed E-state index contributed by atoms with van der Waals surface area (Å²) in [7, 11) is 0. The van der Waals surface area contributed by atoms with Gasteiger partial charge in [-0.15, -0.1) is 0 Å². The topological polar surface area (TPSA) is 43.8 Å². The fourth-order valence-corrected chi connectivity index (χ4v) is 1.89. The van der Waals surface area contributed by atoms with E-state index in [0.717, 1.165) is 23.5 Å². The van der Waals surface area contributed by atoms with E-state index in [1.807, 2.05) is 6.20 Å². The van der Waals surface area contributed by atoms with Gasteiger partial charge in [0.1, 0.15) is 5.82 Å². The van der Waals surface area contributed by atoms with Crippen LogP contribution in [0.2, 0.25) is 0 Å². The molecule has 0 spiro atoms. The van der Waals surface area contributed by atoms with Crippen LogP contribution in [-0.4, -0.2) is 9.78 Å². The van der Waals surface area contributed by atoms with E-state index in [1.54, 1.807) is 4.68 Å². The highest BCUT2D eigenvalue weighted by Crippen LogP contribution is 2.23. The second-order valence-corrected chi connectivity index (χ2v) is 4.57. The molecule has 0 saturated heterocycles. The average molecular weight is 229 g/mol. The largest absolute Gasteiger partial charge is 0.383 e. The average Bonchev–Trinajstić information content (AvgIpc) is 2.71. The maximum Gasteiger partial charge on any atom is 0.130 e. The van der Waals surface area contributed by atoms with E-state index < -0.39 is 0 Å². The maximum absolute atomic E-state index is 6.11. The molecule has 90 valence electrons. The van der Waals surface area contributed by atoms with E-state index in [9.17, 15) is 0 Å². The van der Waals surface area contributed by atoms with E-state index >= 15 is 0 Å². The maximum atomic E-state index is 6.11. The first-order chi connectivity index (χ1) is 8.13. The Labute approximate surface area is 102 Å². The molecule has 0 aliphatic carbocycles. The number of nitrogens with two attached hydrogens (primary N) is 1. The second kappa shape index (κ2) is 4.62. The zero-order valence-electron chi connectivity index (χ0n) is 10.6. The smallest absolute Gasteiger partial charge is 0.130 e. The van der Waals surface area contributed by atoms with Crippen molar-refractivity contribution in [3.63, 3.8) is 0 Å². The van der Waals surface area contributed by atoms with Gasteiger partial charge in [0.2, 0.25) is 0 Å². The predicted octanol–water partition coefficient (Wildman–Crippen LogP) is 3.14. The van der Waals surface area contributed by atoms with Gasteiger partial charge in [-0.25, -0.2) is 4.68 Å². The van der Waals surface area contributed by atoms with E-state index in [1.165, 1.54) is 5.56 Å². The predicted molar refractivity (Wildman–Crippen MR) is 71.4 cm³/mol. The van der Waals surface area contributed by atoms with Crippen molar-refractivity contribution in [2.24, 2.45) is 0 Å². The van der Waals surface area contributed by atoms with Crippen molar-refractivity contribution in [3.8, 4) is 5.69 Å². The Hall–Kier alpha value is -1.77. The van der Waals surface area contributed by atoms with Gasteiger partial charge in [-0.3, -0.25) is 0 Å². The normalized spacial score (nSPS) is 11.1. The quantitative estimate of drug-likeness (QED) is 0.878. The van der Waals surface area contributed by atoms with Gasteiger partial charge in [0.25, 0.3) is 0 Å². The van der Waals surface area contributed by atoms with Crippen LogP contribution in [0.15, 0.2) is 30.5 Å². The summed E-state index contributed by atoms with van der Waals surface area (Å²) in [6.07, 6.45) is 2.90. The van der Waals surface area contributed by atoms with Gasteiger partial charge < -0.3 is 5.73 Å². The number of hydrogen-bond acceptors (Lipinski definition) is 2.